The van der Waals surface area contributed by atoms with Crippen molar-refractivity contribution in [2.75, 3.05) is 13.1 Å². The van der Waals surface area contributed by atoms with Crippen molar-refractivity contribution < 1.29 is 8.78 Å². The van der Waals surface area contributed by atoms with Crippen LogP contribution >= 0.6 is 0 Å². The Balaban J connectivity index is 1.86. The van der Waals surface area contributed by atoms with Gasteiger partial charge < -0.3 is 5.73 Å². The van der Waals surface area contributed by atoms with Crippen LogP contribution in [0.15, 0.2) is 71.5 Å². The third kappa shape index (κ3) is 3.32. The highest BCUT2D eigenvalue weighted by Gasteiger charge is 2.54. The Labute approximate surface area is 184 Å². The molecule has 0 unspecified atom stereocenters. The van der Waals surface area contributed by atoms with Crippen LogP contribution in [0.4, 0.5) is 8.78 Å². The fraction of sp³-hybridized carbons (Fsp3) is 0.240. The maximum Gasteiger partial charge on any atom is 0.191 e. The molecule has 0 saturated heterocycles. The summed E-state index contributed by atoms with van der Waals surface area (Å²) >= 11 is 0. The van der Waals surface area contributed by atoms with E-state index in [1.165, 1.54) is 6.07 Å². The van der Waals surface area contributed by atoms with E-state index < -0.39 is 28.9 Å². The van der Waals surface area contributed by atoms with Crippen molar-refractivity contribution in [3.05, 3.63) is 94.2 Å². The molecule has 7 heteroatoms. The zero-order chi connectivity index (χ0) is 22.9. The van der Waals surface area contributed by atoms with E-state index in [1.54, 1.807) is 0 Å². The molecule has 158 valence electrons. The summed E-state index contributed by atoms with van der Waals surface area (Å²) in [5.41, 5.74) is 6.37. The summed E-state index contributed by atoms with van der Waals surface area (Å²) in [4.78, 5) is 2.13. The first-order valence-corrected chi connectivity index (χ1v) is 10.1. The maximum atomic E-state index is 14.2. The number of nitrogens with zero attached hydrogens (tertiary/aromatic N) is 4. The van der Waals surface area contributed by atoms with Gasteiger partial charge >= 0.3 is 0 Å². The highest BCUT2D eigenvalue weighted by Crippen LogP contribution is 2.54. The van der Waals surface area contributed by atoms with E-state index in [0.717, 1.165) is 17.7 Å². The van der Waals surface area contributed by atoms with E-state index >= 15 is 0 Å². The summed E-state index contributed by atoms with van der Waals surface area (Å²) in [5.74, 6) is -3.42. The maximum absolute atomic E-state index is 14.2. The van der Waals surface area contributed by atoms with Crippen molar-refractivity contribution in [2.45, 2.75) is 12.5 Å². The fourth-order valence-corrected chi connectivity index (χ4v) is 4.79. The summed E-state index contributed by atoms with van der Waals surface area (Å²) in [7, 11) is 0. The first-order valence-electron chi connectivity index (χ1n) is 10.1. The average Bonchev–Trinajstić information content (AvgIpc) is 2.81. The molecule has 2 aromatic rings. The predicted molar refractivity (Wildman–Crippen MR) is 113 cm³/mol. The Bertz CT molecular complexity index is 1230. The van der Waals surface area contributed by atoms with Crippen molar-refractivity contribution in [3.63, 3.8) is 0 Å². The van der Waals surface area contributed by atoms with Gasteiger partial charge in [0.15, 0.2) is 17.0 Å². The SMILES string of the molecule is N#CC1=C(N)C(C#N)(C#N)[C@@H](c2ccc(F)c(F)c2)[C@H]2CN(Cc3ccccc3)CC=C12. The van der Waals surface area contributed by atoms with Crippen LogP contribution in [0, 0.1) is 57.0 Å². The van der Waals surface area contributed by atoms with Crippen LogP contribution in [0.1, 0.15) is 17.0 Å². The second-order valence-corrected chi connectivity index (χ2v) is 8.03. The van der Waals surface area contributed by atoms with E-state index in [9.17, 15) is 24.6 Å². The van der Waals surface area contributed by atoms with Gasteiger partial charge in [-0.2, -0.15) is 15.8 Å². The molecular weight excluding hydrogens is 408 g/mol. The number of rotatable bonds is 3. The molecule has 0 saturated carbocycles. The number of halogens is 2. The lowest BCUT2D eigenvalue weighted by atomic mass is 9.58. The molecule has 0 radical (unpaired) electrons. The van der Waals surface area contributed by atoms with Crippen LogP contribution in [-0.2, 0) is 6.54 Å². The Morgan fingerprint density at radius 2 is 1.75 bits per heavy atom. The summed E-state index contributed by atoms with van der Waals surface area (Å²) in [5, 5.41) is 29.9. The van der Waals surface area contributed by atoms with Gasteiger partial charge in [-0.3, -0.25) is 4.90 Å². The molecule has 0 spiro atoms. The summed E-state index contributed by atoms with van der Waals surface area (Å²) in [6.45, 7) is 1.60. The van der Waals surface area contributed by atoms with Crippen molar-refractivity contribution in [1.29, 1.82) is 15.8 Å². The quantitative estimate of drug-likeness (QED) is 0.801. The predicted octanol–water partition coefficient (Wildman–Crippen LogP) is 3.89. The molecule has 0 amide bonds. The number of nitrogens with two attached hydrogens (primary N) is 1. The van der Waals surface area contributed by atoms with Crippen molar-refractivity contribution >= 4 is 0 Å². The highest BCUT2D eigenvalue weighted by atomic mass is 19.2. The molecule has 1 heterocycles. The highest BCUT2D eigenvalue weighted by molar-refractivity contribution is 5.59. The van der Waals surface area contributed by atoms with Crippen LogP contribution in [-0.4, -0.2) is 18.0 Å². The van der Waals surface area contributed by atoms with Crippen molar-refractivity contribution in [2.24, 2.45) is 17.1 Å². The zero-order valence-corrected chi connectivity index (χ0v) is 17.1. The Kier molecular flexibility index (Phi) is 5.49. The van der Waals surface area contributed by atoms with Crippen LogP contribution in [0.3, 0.4) is 0 Å². The third-order valence-corrected chi connectivity index (χ3v) is 6.29. The molecule has 1 aliphatic carbocycles. The van der Waals surface area contributed by atoms with Crippen molar-refractivity contribution in [3.8, 4) is 18.2 Å². The van der Waals surface area contributed by atoms with Gasteiger partial charge in [-0.25, -0.2) is 8.78 Å². The number of hydrogen-bond acceptors (Lipinski definition) is 5. The van der Waals surface area contributed by atoms with E-state index in [-0.39, 0.29) is 11.3 Å². The molecule has 0 fully saturated rings. The van der Waals surface area contributed by atoms with Gasteiger partial charge in [0.05, 0.1) is 23.4 Å². The normalized spacial score (nSPS) is 22.2. The molecule has 2 atom stereocenters. The Morgan fingerprint density at radius 1 is 1.03 bits per heavy atom. The molecule has 2 aromatic carbocycles. The van der Waals surface area contributed by atoms with Gasteiger partial charge in [-0.15, -0.1) is 0 Å². The molecule has 0 aromatic heterocycles. The summed E-state index contributed by atoms with van der Waals surface area (Å²) < 4.78 is 27.8. The van der Waals surface area contributed by atoms with Crippen molar-refractivity contribution in [1.82, 2.24) is 4.90 Å². The van der Waals surface area contributed by atoms with E-state index in [2.05, 4.69) is 11.0 Å². The fourth-order valence-electron chi connectivity index (χ4n) is 4.79. The molecule has 2 aliphatic rings. The number of fused-ring (bicyclic) bond motifs is 1. The van der Waals surface area contributed by atoms with Gasteiger partial charge in [0.2, 0.25) is 0 Å². The molecule has 1 aliphatic heterocycles. The smallest absolute Gasteiger partial charge is 0.191 e. The standard InChI is InChI=1S/C25H19F2N5/c26-21-7-6-17(10-22(21)27)23-20-13-32(12-16-4-2-1-3-5-16)9-8-18(20)19(11-28)24(31)25(23,14-29)15-30/h1-8,10,20,23H,9,12-13,31H2/t20-,23-/m0/s1. The minimum Gasteiger partial charge on any atom is -0.399 e. The first kappa shape index (κ1) is 21.2. The third-order valence-electron chi connectivity index (χ3n) is 6.29. The number of allylic oxidation sites excluding steroid dienone is 2. The molecule has 2 N–H and O–H groups in total. The van der Waals surface area contributed by atoms with Gasteiger partial charge in [-0.05, 0) is 28.8 Å². The van der Waals surface area contributed by atoms with Crippen LogP contribution < -0.4 is 5.73 Å². The van der Waals surface area contributed by atoms with E-state index in [1.807, 2.05) is 48.5 Å². The molecular formula is C25H19F2N5. The lowest BCUT2D eigenvalue weighted by molar-refractivity contribution is 0.201. The minimum absolute atomic E-state index is 0.122. The van der Waals surface area contributed by atoms with E-state index in [4.69, 9.17) is 5.73 Å². The summed E-state index contributed by atoms with van der Waals surface area (Å²) in [6.07, 6.45) is 1.88. The van der Waals surface area contributed by atoms with E-state index in [0.29, 0.717) is 30.8 Å². The monoisotopic (exact) mass is 427 g/mol. The molecule has 0 bridgehead atoms. The van der Waals surface area contributed by atoms with Gasteiger partial charge in [-0.1, -0.05) is 42.5 Å². The summed E-state index contributed by atoms with van der Waals surface area (Å²) in [6, 6.07) is 19.3. The Morgan fingerprint density at radius 3 is 2.38 bits per heavy atom. The van der Waals surface area contributed by atoms with Crippen LogP contribution in [0.25, 0.3) is 0 Å². The van der Waals surface area contributed by atoms with Gasteiger partial charge in [0.25, 0.3) is 0 Å². The zero-order valence-electron chi connectivity index (χ0n) is 17.1. The minimum atomic E-state index is -1.88. The lowest BCUT2D eigenvalue weighted by Gasteiger charge is -2.45. The Hall–Kier alpha value is -3.99. The molecule has 32 heavy (non-hydrogen) atoms. The second kappa shape index (κ2) is 8.27. The number of nitriles is 3. The van der Waals surface area contributed by atoms with Crippen LogP contribution in [0.5, 0.6) is 0 Å². The topological polar surface area (TPSA) is 101 Å². The molecule has 5 nitrogen and oxygen atoms in total. The lowest BCUT2D eigenvalue weighted by Crippen LogP contribution is -2.47. The van der Waals surface area contributed by atoms with Crippen LogP contribution in [0.2, 0.25) is 0 Å². The van der Waals surface area contributed by atoms with Gasteiger partial charge in [0, 0.05) is 31.5 Å². The average molecular weight is 427 g/mol. The molecule has 4 rings (SSSR count). The number of benzene rings is 2. The first-order chi connectivity index (χ1) is 15.4. The largest absolute Gasteiger partial charge is 0.399 e. The number of hydrogen-bond donors (Lipinski definition) is 1. The second-order valence-electron chi connectivity index (χ2n) is 8.03. The van der Waals surface area contributed by atoms with Gasteiger partial charge in [0.1, 0.15) is 6.07 Å².